The molecule has 3 aliphatic rings. The van der Waals surface area contributed by atoms with Crippen molar-refractivity contribution in [2.24, 2.45) is 34.0 Å². The lowest BCUT2D eigenvalue weighted by atomic mass is 9.72. The number of nitrogens with one attached hydrogen (secondary N) is 2. The minimum absolute atomic E-state index is 0. The van der Waals surface area contributed by atoms with E-state index in [0.29, 0.717) is 52.7 Å². The summed E-state index contributed by atoms with van der Waals surface area (Å²) in [7, 11) is -7.99. The fourth-order valence-electron chi connectivity index (χ4n) is 11.3. The molecule has 4 aromatic rings. The second kappa shape index (κ2) is 30.8. The average Bonchev–Trinajstić information content (AvgIpc) is 3.68. The van der Waals surface area contributed by atoms with Crippen LogP contribution in [-0.4, -0.2) is 126 Å². The van der Waals surface area contributed by atoms with Crippen LogP contribution < -0.4 is 27.8 Å². The van der Waals surface area contributed by atoms with Gasteiger partial charge in [0.2, 0.25) is 7.44 Å². The van der Waals surface area contributed by atoms with E-state index in [-0.39, 0.29) is 59.2 Å². The van der Waals surface area contributed by atoms with Crippen molar-refractivity contribution in [2.75, 3.05) is 24.2 Å². The molecule has 0 amide bonds. The number of rotatable bonds is 20. The van der Waals surface area contributed by atoms with Crippen molar-refractivity contribution in [1.82, 2.24) is 55.4 Å². The van der Waals surface area contributed by atoms with Gasteiger partial charge in [0.05, 0.1) is 38.0 Å². The van der Waals surface area contributed by atoms with Gasteiger partial charge in [0.25, 0.3) is 0 Å². The maximum Gasteiger partial charge on any atom is 0.350 e. The monoisotopic (exact) mass is 1300 g/mol. The van der Waals surface area contributed by atoms with Crippen molar-refractivity contribution in [3.05, 3.63) is 25.3 Å². The summed E-state index contributed by atoms with van der Waals surface area (Å²) in [6.45, 7) is 34.5. The maximum atomic E-state index is 14.9. The second-order valence-electron chi connectivity index (χ2n) is 29.0. The van der Waals surface area contributed by atoms with Gasteiger partial charge in [0.15, 0.2) is 22.9 Å². The SMILES string of the molecule is CC(C)(Cl)C(=O)OC1CCC(C(C)(C)C)CC1.C[C@H](Cn1cnc2c(N)ncnc21)OCP(=O)(NC(C)(C)C(=O)OC1CCC(C(C)(C)C)CC1)NC(C)(C)C(=O)OC1CCC(C(C)(C)C)CC1.C[C@H](Cn1cnc2c(N)ncnc21)OCP(=O)(O)O.N. The van der Waals surface area contributed by atoms with Crippen LogP contribution in [0.3, 0.4) is 0 Å². The number of carbonyl (C=O) groups excluding carboxylic acids is 3. The molecule has 3 aliphatic carbocycles. The van der Waals surface area contributed by atoms with Crippen molar-refractivity contribution >= 4 is 78.5 Å². The van der Waals surface area contributed by atoms with Crippen LogP contribution in [0.4, 0.5) is 11.6 Å². The zero-order valence-corrected chi connectivity index (χ0v) is 58.0. The molecule has 3 fully saturated rings. The summed E-state index contributed by atoms with van der Waals surface area (Å²) in [6.07, 6.45) is 15.0. The molecule has 11 N–H and O–H groups in total. The first-order chi connectivity index (χ1) is 40.0. The lowest BCUT2D eigenvalue weighted by Gasteiger charge is -2.39. The first kappa shape index (κ1) is 76.0. The molecule has 0 aromatic carbocycles. The Bertz CT molecular complexity index is 2930. The Hall–Kier alpha value is -4.42. The molecule has 0 radical (unpaired) electrons. The highest BCUT2D eigenvalue weighted by Gasteiger charge is 2.45. The molecule has 2 atom stereocenters. The van der Waals surface area contributed by atoms with E-state index in [0.717, 1.165) is 83.0 Å². The van der Waals surface area contributed by atoms with Gasteiger partial charge >= 0.3 is 25.5 Å². The van der Waals surface area contributed by atoms with Crippen molar-refractivity contribution in [3.63, 3.8) is 0 Å². The van der Waals surface area contributed by atoms with Gasteiger partial charge in [0, 0.05) is 0 Å². The van der Waals surface area contributed by atoms with Gasteiger partial charge in [-0.3, -0.25) is 23.5 Å². The van der Waals surface area contributed by atoms with E-state index in [1.807, 2.05) is 6.92 Å². The minimum atomic E-state index is -4.16. The quantitative estimate of drug-likeness (QED) is 0.0187. The number of nitrogens with zero attached hydrogens (tertiary/aromatic N) is 8. The highest BCUT2D eigenvalue weighted by Crippen LogP contribution is 2.45. The van der Waals surface area contributed by atoms with E-state index in [2.05, 4.69) is 102 Å². The Morgan fingerprint density at radius 3 is 1.15 bits per heavy atom. The number of imidazole rings is 2. The van der Waals surface area contributed by atoms with Crippen LogP contribution in [0.5, 0.6) is 0 Å². The number of fused-ring (bicyclic) bond motifs is 2. The summed E-state index contributed by atoms with van der Waals surface area (Å²) in [5.41, 5.74) is 11.7. The van der Waals surface area contributed by atoms with Crippen LogP contribution in [-0.2, 0) is 60.3 Å². The smallest absolute Gasteiger partial charge is 0.350 e. The molecule has 4 heterocycles. The number of ether oxygens (including phenoxy) is 5. The van der Waals surface area contributed by atoms with Gasteiger partial charge in [0.1, 0.15) is 70.6 Å². The molecule has 0 saturated heterocycles. The lowest BCUT2D eigenvalue weighted by molar-refractivity contribution is -0.157. The van der Waals surface area contributed by atoms with Gasteiger partial charge < -0.3 is 60.2 Å². The molecular weight excluding hydrogens is 1190 g/mol. The van der Waals surface area contributed by atoms with Crippen LogP contribution in [0, 0.1) is 34.0 Å². The van der Waals surface area contributed by atoms with Gasteiger partial charge in [-0.2, -0.15) is 0 Å². The standard InChI is InChI=1S/C37H64N7O6P.C14H25ClO2.C9H14N5O4P.H3N/c1-24(20-44-22-41-29-30(38)39-21-40-31(29)44)48-23-51(47,42-36(8,9)32(45)49-27-16-12-25(13-17-27)34(2,3)4)43-37(10,11)33(46)50-28-18-14-26(15-19-28)35(5,6)7;1-13(2,3)10-6-8-11(9-7-10)17-12(16)14(4,5)15;1-6(18-5-19(15,16)17)2-14-4-13-7-8(10)11-3-12-9(7)14;/h21-22,24-28H,12-20,23H2,1-11H3,(H2,38,39,40)(H2,42,43,47);10-11H,6-9H2,1-5H3;3-4,6H,2,5H2,1H3,(H2,10,11,12)(H2,15,16,17);1H3/t24-,25?,26?,27?,28?,51?;;6-;/m1.1./s1. The molecule has 0 spiro atoms. The van der Waals surface area contributed by atoms with E-state index < -0.39 is 61.5 Å². The second-order valence-corrected chi connectivity index (χ2v) is 33.7. The van der Waals surface area contributed by atoms with Crippen molar-refractivity contribution in [3.8, 4) is 0 Å². The number of halogens is 1. The van der Waals surface area contributed by atoms with Gasteiger partial charge in [-0.15, -0.1) is 11.6 Å². The largest absolute Gasteiger partial charge is 0.461 e. The Labute approximate surface area is 526 Å². The molecule has 4 aromatic heterocycles. The summed E-state index contributed by atoms with van der Waals surface area (Å²) < 4.78 is 57.8. The highest BCUT2D eigenvalue weighted by molar-refractivity contribution is 7.59. The number of anilines is 2. The summed E-state index contributed by atoms with van der Waals surface area (Å²) >= 11 is 5.93. The summed E-state index contributed by atoms with van der Waals surface area (Å²) in [5.74, 6) is 1.14. The van der Waals surface area contributed by atoms with Crippen LogP contribution in [0.15, 0.2) is 25.3 Å². The molecule has 25 nitrogen and oxygen atoms in total. The Morgan fingerprint density at radius 2 is 0.852 bits per heavy atom. The maximum absolute atomic E-state index is 14.9. The van der Waals surface area contributed by atoms with Gasteiger partial charge in [-0.1, -0.05) is 62.3 Å². The van der Waals surface area contributed by atoms with E-state index in [1.54, 1.807) is 63.9 Å². The molecule has 500 valence electrons. The molecule has 3 saturated carbocycles. The first-order valence-electron chi connectivity index (χ1n) is 30.6. The van der Waals surface area contributed by atoms with Crippen molar-refractivity contribution < 1.29 is 57.0 Å². The number of hydrogen-bond acceptors (Lipinski definition) is 19. The molecule has 0 unspecified atom stereocenters. The van der Waals surface area contributed by atoms with Crippen LogP contribution in [0.25, 0.3) is 22.3 Å². The first-order valence-corrected chi connectivity index (χ1v) is 34.6. The molecule has 28 heteroatoms. The number of alkyl halides is 1. The lowest BCUT2D eigenvalue weighted by Crippen LogP contribution is -2.54. The zero-order chi connectivity index (χ0) is 65.3. The predicted molar refractivity (Wildman–Crippen MR) is 343 cm³/mol. The number of aromatic nitrogens is 8. The van der Waals surface area contributed by atoms with Gasteiger partial charge in [-0.25, -0.2) is 40.1 Å². The third-order valence-corrected chi connectivity index (χ3v) is 19.8. The third-order valence-electron chi connectivity index (χ3n) is 16.8. The summed E-state index contributed by atoms with van der Waals surface area (Å²) in [6, 6.07) is 0. The number of carbonyl (C=O) groups is 3. The number of esters is 3. The van der Waals surface area contributed by atoms with E-state index >= 15 is 0 Å². The third kappa shape index (κ3) is 23.1. The minimum Gasteiger partial charge on any atom is -0.461 e. The zero-order valence-electron chi connectivity index (χ0n) is 55.4. The van der Waals surface area contributed by atoms with E-state index in [4.69, 9.17) is 56.5 Å². The van der Waals surface area contributed by atoms with E-state index in [9.17, 15) is 23.5 Å². The number of nitrogens with two attached hydrogens (primary N) is 2. The Kier molecular flexibility index (Phi) is 26.6. The summed E-state index contributed by atoms with van der Waals surface area (Å²) in [4.78, 5) is 80.1. The Balaban J connectivity index is 0.000000362. The fourth-order valence-corrected chi connectivity index (χ4v) is 14.4. The normalized spacial score (nSPS) is 22.1. The van der Waals surface area contributed by atoms with Crippen molar-refractivity contribution in [2.45, 2.75) is 254 Å². The molecule has 0 bridgehead atoms. The van der Waals surface area contributed by atoms with E-state index in [1.165, 1.54) is 19.0 Å². The molecule has 0 aliphatic heterocycles. The molecule has 88 heavy (non-hydrogen) atoms. The topological polar surface area (TPSA) is 370 Å². The predicted octanol–water partition coefficient (Wildman–Crippen LogP) is 11.3. The van der Waals surface area contributed by atoms with Crippen molar-refractivity contribution in [1.29, 1.82) is 0 Å². The van der Waals surface area contributed by atoms with Gasteiger partial charge in [-0.05, 0) is 166 Å². The highest BCUT2D eigenvalue weighted by atomic mass is 35.5. The van der Waals surface area contributed by atoms with Crippen LogP contribution in [0.1, 0.15) is 195 Å². The Morgan fingerprint density at radius 1 is 0.545 bits per heavy atom. The van der Waals surface area contributed by atoms with Crippen LogP contribution >= 0.6 is 26.6 Å². The number of hydrogen-bond donors (Lipinski definition) is 7. The van der Waals surface area contributed by atoms with Crippen LogP contribution in [0.2, 0.25) is 0 Å². The summed E-state index contributed by atoms with van der Waals surface area (Å²) in [5, 5.41) is 6.12. The average molecular weight is 1300 g/mol. The fraction of sp³-hybridized carbons (Fsp3) is 0.783. The number of nitrogen functional groups attached to an aromatic ring is 2. The molecule has 7 rings (SSSR count). The molecular formula is C60H106ClN13O12P2.